The molecule has 2 aromatic rings. The standard InChI is InChI=1S/C12H18N4/c1-12(2,6-14-7-13)9-3-4-10-11(5-9)16-8-15-10/h3-5,8,14H,6-7,13H2,1-2H3,(H,15,16). The molecule has 0 aliphatic carbocycles. The zero-order chi connectivity index (χ0) is 11.6. The first-order valence-electron chi connectivity index (χ1n) is 5.48. The van der Waals surface area contributed by atoms with Gasteiger partial charge in [-0.2, -0.15) is 0 Å². The third-order valence-electron chi connectivity index (χ3n) is 2.91. The van der Waals surface area contributed by atoms with Gasteiger partial charge in [-0.15, -0.1) is 0 Å². The minimum absolute atomic E-state index is 0.0681. The van der Waals surface area contributed by atoms with Crippen LogP contribution in [-0.4, -0.2) is 23.2 Å². The van der Waals surface area contributed by atoms with E-state index in [0.717, 1.165) is 17.6 Å². The van der Waals surface area contributed by atoms with Crippen molar-refractivity contribution < 1.29 is 0 Å². The van der Waals surface area contributed by atoms with Crippen LogP contribution in [0.1, 0.15) is 19.4 Å². The lowest BCUT2D eigenvalue weighted by Crippen LogP contribution is -2.35. The molecule has 1 aromatic heterocycles. The Morgan fingerprint density at radius 2 is 2.25 bits per heavy atom. The molecule has 0 radical (unpaired) electrons. The summed E-state index contributed by atoms with van der Waals surface area (Å²) in [6.45, 7) is 5.78. The predicted octanol–water partition coefficient (Wildman–Crippen LogP) is 1.35. The van der Waals surface area contributed by atoms with E-state index >= 15 is 0 Å². The SMILES string of the molecule is CC(C)(CNCN)c1ccc2nc[nH]c2c1. The largest absolute Gasteiger partial charge is 0.345 e. The van der Waals surface area contributed by atoms with Gasteiger partial charge in [0, 0.05) is 18.6 Å². The fraction of sp³-hybridized carbons (Fsp3) is 0.417. The summed E-state index contributed by atoms with van der Waals surface area (Å²) >= 11 is 0. The number of benzene rings is 1. The van der Waals surface area contributed by atoms with E-state index in [4.69, 9.17) is 5.73 Å². The molecular weight excluding hydrogens is 200 g/mol. The van der Waals surface area contributed by atoms with Crippen molar-refractivity contribution in [1.29, 1.82) is 0 Å². The average molecular weight is 218 g/mol. The maximum atomic E-state index is 5.46. The van der Waals surface area contributed by atoms with Gasteiger partial charge in [0.1, 0.15) is 0 Å². The van der Waals surface area contributed by atoms with E-state index < -0.39 is 0 Å². The van der Waals surface area contributed by atoms with Gasteiger partial charge in [0.2, 0.25) is 0 Å². The summed E-state index contributed by atoms with van der Waals surface area (Å²) < 4.78 is 0. The van der Waals surface area contributed by atoms with Crippen molar-refractivity contribution in [2.75, 3.05) is 13.2 Å². The molecule has 0 aliphatic rings. The molecule has 86 valence electrons. The van der Waals surface area contributed by atoms with Crippen molar-refractivity contribution in [1.82, 2.24) is 15.3 Å². The highest BCUT2D eigenvalue weighted by atomic mass is 15.0. The van der Waals surface area contributed by atoms with Crippen LogP contribution < -0.4 is 11.1 Å². The van der Waals surface area contributed by atoms with Gasteiger partial charge in [-0.3, -0.25) is 0 Å². The van der Waals surface area contributed by atoms with E-state index in [2.05, 4.69) is 41.3 Å². The topological polar surface area (TPSA) is 66.7 Å². The third kappa shape index (κ3) is 2.08. The smallest absolute Gasteiger partial charge is 0.0931 e. The zero-order valence-corrected chi connectivity index (χ0v) is 9.75. The predicted molar refractivity (Wildman–Crippen MR) is 66.2 cm³/mol. The van der Waals surface area contributed by atoms with Gasteiger partial charge in [-0.05, 0) is 17.7 Å². The van der Waals surface area contributed by atoms with Gasteiger partial charge in [-0.25, -0.2) is 4.98 Å². The molecule has 2 rings (SSSR count). The Bertz CT molecular complexity index is 473. The minimum atomic E-state index is 0.0681. The molecule has 0 spiro atoms. The van der Waals surface area contributed by atoms with Crippen molar-refractivity contribution in [3.05, 3.63) is 30.1 Å². The van der Waals surface area contributed by atoms with Gasteiger partial charge in [0.15, 0.2) is 0 Å². The Hall–Kier alpha value is -1.39. The summed E-state index contributed by atoms with van der Waals surface area (Å²) in [4.78, 5) is 7.34. The second-order valence-corrected chi connectivity index (χ2v) is 4.65. The molecule has 16 heavy (non-hydrogen) atoms. The Morgan fingerprint density at radius 1 is 1.44 bits per heavy atom. The second kappa shape index (κ2) is 4.23. The molecule has 0 unspecified atom stereocenters. The average Bonchev–Trinajstić information content (AvgIpc) is 2.73. The highest BCUT2D eigenvalue weighted by Gasteiger charge is 2.20. The lowest BCUT2D eigenvalue weighted by Gasteiger charge is -2.25. The summed E-state index contributed by atoms with van der Waals surface area (Å²) in [5.74, 6) is 0. The number of nitrogens with two attached hydrogens (primary N) is 1. The van der Waals surface area contributed by atoms with E-state index in [0.29, 0.717) is 6.67 Å². The van der Waals surface area contributed by atoms with E-state index in [1.165, 1.54) is 5.56 Å². The number of nitrogens with one attached hydrogen (secondary N) is 2. The summed E-state index contributed by atoms with van der Waals surface area (Å²) in [6, 6.07) is 6.33. The van der Waals surface area contributed by atoms with Crippen LogP contribution in [0.15, 0.2) is 24.5 Å². The molecule has 0 amide bonds. The number of nitrogens with zero attached hydrogens (tertiary/aromatic N) is 1. The number of hydrogen-bond acceptors (Lipinski definition) is 3. The van der Waals surface area contributed by atoms with Gasteiger partial charge in [0.25, 0.3) is 0 Å². The fourth-order valence-corrected chi connectivity index (χ4v) is 1.84. The number of H-pyrrole nitrogens is 1. The maximum Gasteiger partial charge on any atom is 0.0931 e. The lowest BCUT2D eigenvalue weighted by molar-refractivity contribution is 0.475. The van der Waals surface area contributed by atoms with Crippen LogP contribution in [0.3, 0.4) is 0 Å². The summed E-state index contributed by atoms with van der Waals surface area (Å²) in [7, 11) is 0. The van der Waals surface area contributed by atoms with Crippen molar-refractivity contribution in [2.24, 2.45) is 5.73 Å². The van der Waals surface area contributed by atoms with Gasteiger partial charge in [0.05, 0.1) is 17.4 Å². The van der Waals surface area contributed by atoms with E-state index in [-0.39, 0.29) is 5.41 Å². The number of aromatic amines is 1. The van der Waals surface area contributed by atoms with Crippen molar-refractivity contribution in [3.8, 4) is 0 Å². The molecule has 0 aliphatic heterocycles. The number of imidazole rings is 1. The molecule has 4 nitrogen and oxygen atoms in total. The molecule has 0 fully saturated rings. The molecule has 0 atom stereocenters. The van der Waals surface area contributed by atoms with Crippen LogP contribution in [0.2, 0.25) is 0 Å². The molecule has 1 heterocycles. The van der Waals surface area contributed by atoms with Crippen LogP contribution in [-0.2, 0) is 5.41 Å². The fourth-order valence-electron chi connectivity index (χ4n) is 1.84. The Labute approximate surface area is 95.3 Å². The van der Waals surface area contributed by atoms with Crippen molar-refractivity contribution >= 4 is 11.0 Å². The van der Waals surface area contributed by atoms with Crippen molar-refractivity contribution in [3.63, 3.8) is 0 Å². The van der Waals surface area contributed by atoms with Crippen LogP contribution in [0, 0.1) is 0 Å². The van der Waals surface area contributed by atoms with E-state index in [1.807, 2.05) is 6.07 Å². The first-order chi connectivity index (χ1) is 7.63. The third-order valence-corrected chi connectivity index (χ3v) is 2.91. The Morgan fingerprint density at radius 3 is 3.00 bits per heavy atom. The Kier molecular flexibility index (Phi) is 2.94. The van der Waals surface area contributed by atoms with Crippen LogP contribution >= 0.6 is 0 Å². The quantitative estimate of drug-likeness (QED) is 0.678. The molecule has 0 saturated heterocycles. The first-order valence-corrected chi connectivity index (χ1v) is 5.48. The van der Waals surface area contributed by atoms with E-state index in [1.54, 1.807) is 6.33 Å². The van der Waals surface area contributed by atoms with Gasteiger partial charge in [-0.1, -0.05) is 19.9 Å². The zero-order valence-electron chi connectivity index (χ0n) is 9.75. The minimum Gasteiger partial charge on any atom is -0.345 e. The molecular formula is C12H18N4. The van der Waals surface area contributed by atoms with Gasteiger partial charge >= 0.3 is 0 Å². The monoisotopic (exact) mass is 218 g/mol. The molecule has 4 heteroatoms. The highest BCUT2D eigenvalue weighted by Crippen LogP contribution is 2.24. The second-order valence-electron chi connectivity index (χ2n) is 4.65. The van der Waals surface area contributed by atoms with Gasteiger partial charge < -0.3 is 16.0 Å². The summed E-state index contributed by atoms with van der Waals surface area (Å²) in [6.07, 6.45) is 1.72. The van der Waals surface area contributed by atoms with Crippen LogP contribution in [0.5, 0.6) is 0 Å². The lowest BCUT2D eigenvalue weighted by atomic mass is 9.84. The Balaban J connectivity index is 2.30. The van der Waals surface area contributed by atoms with Crippen LogP contribution in [0.25, 0.3) is 11.0 Å². The van der Waals surface area contributed by atoms with Crippen LogP contribution in [0.4, 0.5) is 0 Å². The summed E-state index contributed by atoms with van der Waals surface area (Å²) in [5.41, 5.74) is 8.90. The van der Waals surface area contributed by atoms with E-state index in [9.17, 15) is 0 Å². The molecule has 0 bridgehead atoms. The number of aromatic nitrogens is 2. The normalized spacial score (nSPS) is 12.2. The first kappa shape index (κ1) is 11.1. The maximum absolute atomic E-state index is 5.46. The molecule has 0 saturated carbocycles. The number of hydrogen-bond donors (Lipinski definition) is 3. The number of fused-ring (bicyclic) bond motifs is 1. The summed E-state index contributed by atoms with van der Waals surface area (Å²) in [5, 5.41) is 3.18. The van der Waals surface area contributed by atoms with Crippen molar-refractivity contribution in [2.45, 2.75) is 19.3 Å². The highest BCUT2D eigenvalue weighted by molar-refractivity contribution is 5.75. The molecule has 1 aromatic carbocycles. The molecule has 4 N–H and O–H groups in total. The number of rotatable bonds is 4.